The number of likely N-dealkylation sites (N-methyl/N-ethyl adjacent to an activating group) is 1. The number of nitrogens with one attached hydrogen (secondary N) is 1. The van der Waals surface area contributed by atoms with E-state index in [2.05, 4.69) is 105 Å². The van der Waals surface area contributed by atoms with Crippen LogP contribution in [0.4, 0.5) is 0 Å². The van der Waals surface area contributed by atoms with E-state index < -0.39 is 0 Å². The topological polar surface area (TPSA) is 39.6 Å². The Bertz CT molecular complexity index is 1460. The third-order valence-electron chi connectivity index (χ3n) is 9.08. The fourth-order valence-electron chi connectivity index (χ4n) is 6.50. The number of likely N-dealkylation sites (tertiary alicyclic amines) is 1. The van der Waals surface area contributed by atoms with Crippen molar-refractivity contribution in [2.45, 2.75) is 38.4 Å². The summed E-state index contributed by atoms with van der Waals surface area (Å²) >= 11 is 0. The summed E-state index contributed by atoms with van der Waals surface area (Å²) < 4.78 is 2.28. The first-order valence-corrected chi connectivity index (χ1v) is 15.2. The zero-order chi connectivity index (χ0) is 28.2. The first-order chi connectivity index (χ1) is 20.1. The summed E-state index contributed by atoms with van der Waals surface area (Å²) in [5.41, 5.74) is 8.78. The molecular formula is C35H44N6. The third kappa shape index (κ3) is 6.56. The van der Waals surface area contributed by atoms with E-state index in [9.17, 15) is 0 Å². The standard InChI is InChI=1S/C35H44N6/c1-27(36-2)31-9-7-28(8-10-31)26-41-18-14-34-33(11-15-37-35(34)41)32-12-16-39(17-13-32)24-29-5-4-6-30(23-29)25-40-21-19-38(3)20-22-40/h4-11,14-15,18,23,32,36H,1,12-13,16-17,19-22,24-26H2,2-3H3. The maximum Gasteiger partial charge on any atom is 0.140 e. The molecule has 2 aromatic heterocycles. The van der Waals surface area contributed by atoms with E-state index in [0.29, 0.717) is 5.92 Å². The summed E-state index contributed by atoms with van der Waals surface area (Å²) in [5.74, 6) is 0.586. The summed E-state index contributed by atoms with van der Waals surface area (Å²) in [4.78, 5) is 12.5. The minimum Gasteiger partial charge on any atom is -0.388 e. The van der Waals surface area contributed by atoms with Gasteiger partial charge in [-0.25, -0.2) is 4.98 Å². The van der Waals surface area contributed by atoms with Gasteiger partial charge in [0, 0.05) is 76.3 Å². The molecule has 0 atom stereocenters. The number of benzene rings is 2. The predicted octanol–water partition coefficient (Wildman–Crippen LogP) is 5.40. The maximum absolute atomic E-state index is 4.80. The highest BCUT2D eigenvalue weighted by atomic mass is 15.2. The van der Waals surface area contributed by atoms with Crippen LogP contribution in [0.2, 0.25) is 0 Å². The van der Waals surface area contributed by atoms with Crippen molar-refractivity contribution in [1.29, 1.82) is 0 Å². The number of piperidine rings is 1. The fourth-order valence-corrected chi connectivity index (χ4v) is 6.50. The Morgan fingerprint density at radius 3 is 2.20 bits per heavy atom. The van der Waals surface area contributed by atoms with Gasteiger partial charge in [-0.3, -0.25) is 9.80 Å². The van der Waals surface area contributed by atoms with E-state index >= 15 is 0 Å². The number of aromatic nitrogens is 2. The second-order valence-corrected chi connectivity index (χ2v) is 12.0. The number of nitrogens with zero attached hydrogens (tertiary/aromatic N) is 5. The highest BCUT2D eigenvalue weighted by Gasteiger charge is 2.23. The van der Waals surface area contributed by atoms with Crippen LogP contribution in [-0.2, 0) is 19.6 Å². The summed E-state index contributed by atoms with van der Waals surface area (Å²) in [5, 5.41) is 4.43. The molecule has 0 radical (unpaired) electrons. The van der Waals surface area contributed by atoms with Crippen LogP contribution >= 0.6 is 0 Å². The van der Waals surface area contributed by atoms with Crippen molar-refractivity contribution in [2.75, 3.05) is 53.4 Å². The van der Waals surface area contributed by atoms with Gasteiger partial charge in [0.25, 0.3) is 0 Å². The Morgan fingerprint density at radius 2 is 1.51 bits per heavy atom. The van der Waals surface area contributed by atoms with E-state index in [1.165, 1.54) is 66.7 Å². The average Bonchev–Trinajstić information content (AvgIpc) is 3.42. The fraction of sp³-hybridized carbons (Fsp3) is 0.400. The van der Waals surface area contributed by atoms with Crippen LogP contribution in [0.25, 0.3) is 16.7 Å². The van der Waals surface area contributed by atoms with E-state index in [1.54, 1.807) is 0 Å². The summed E-state index contributed by atoms with van der Waals surface area (Å²) in [6, 6.07) is 22.5. The molecule has 4 aromatic rings. The highest BCUT2D eigenvalue weighted by molar-refractivity contribution is 5.80. The normalized spacial score (nSPS) is 17.7. The van der Waals surface area contributed by atoms with Gasteiger partial charge < -0.3 is 14.8 Å². The lowest BCUT2D eigenvalue weighted by Gasteiger charge is -2.33. The summed E-state index contributed by atoms with van der Waals surface area (Å²) in [6.45, 7) is 14.0. The Kier molecular flexibility index (Phi) is 8.51. The van der Waals surface area contributed by atoms with Crippen LogP contribution < -0.4 is 5.32 Å². The zero-order valence-electron chi connectivity index (χ0n) is 24.7. The molecule has 0 saturated carbocycles. The van der Waals surface area contributed by atoms with Gasteiger partial charge in [0.1, 0.15) is 5.65 Å². The van der Waals surface area contributed by atoms with Crippen LogP contribution in [0, 0.1) is 0 Å². The van der Waals surface area contributed by atoms with Gasteiger partial charge in [-0.15, -0.1) is 0 Å². The van der Waals surface area contributed by atoms with Gasteiger partial charge in [0.2, 0.25) is 0 Å². The Balaban J connectivity index is 1.06. The van der Waals surface area contributed by atoms with E-state index in [1.807, 2.05) is 13.2 Å². The molecular weight excluding hydrogens is 504 g/mol. The van der Waals surface area contributed by atoms with Crippen molar-refractivity contribution in [3.63, 3.8) is 0 Å². The Hall–Kier alpha value is -3.45. The molecule has 214 valence electrons. The van der Waals surface area contributed by atoms with Crippen LogP contribution in [-0.4, -0.2) is 77.6 Å². The third-order valence-corrected chi connectivity index (χ3v) is 9.08. The van der Waals surface area contributed by atoms with Crippen molar-refractivity contribution in [3.05, 3.63) is 107 Å². The Labute approximate surface area is 245 Å². The molecule has 6 nitrogen and oxygen atoms in total. The van der Waals surface area contributed by atoms with Gasteiger partial charge in [0.15, 0.2) is 0 Å². The molecule has 0 aliphatic carbocycles. The Morgan fingerprint density at radius 1 is 0.829 bits per heavy atom. The minimum atomic E-state index is 0.586. The molecule has 0 bridgehead atoms. The summed E-state index contributed by atoms with van der Waals surface area (Å²) in [6.07, 6.45) is 6.60. The lowest BCUT2D eigenvalue weighted by Crippen LogP contribution is -2.43. The first-order valence-electron chi connectivity index (χ1n) is 15.2. The quantitative estimate of drug-likeness (QED) is 0.303. The molecule has 6 rings (SSSR count). The number of piperazine rings is 1. The highest BCUT2D eigenvalue weighted by Crippen LogP contribution is 2.33. The zero-order valence-corrected chi connectivity index (χ0v) is 24.7. The van der Waals surface area contributed by atoms with Gasteiger partial charge in [-0.2, -0.15) is 0 Å². The van der Waals surface area contributed by atoms with Crippen molar-refractivity contribution in [2.24, 2.45) is 0 Å². The smallest absolute Gasteiger partial charge is 0.140 e. The molecule has 41 heavy (non-hydrogen) atoms. The lowest BCUT2D eigenvalue weighted by molar-refractivity contribution is 0.148. The second kappa shape index (κ2) is 12.6. The summed E-state index contributed by atoms with van der Waals surface area (Å²) in [7, 11) is 4.13. The number of fused-ring (bicyclic) bond motifs is 1. The molecule has 2 aliphatic rings. The molecule has 2 fully saturated rings. The second-order valence-electron chi connectivity index (χ2n) is 12.0. The van der Waals surface area contributed by atoms with Crippen molar-refractivity contribution in [1.82, 2.24) is 29.6 Å². The molecule has 2 saturated heterocycles. The largest absolute Gasteiger partial charge is 0.388 e. The van der Waals surface area contributed by atoms with Gasteiger partial charge in [0.05, 0.1) is 0 Å². The minimum absolute atomic E-state index is 0.586. The molecule has 4 heterocycles. The number of hydrogen-bond donors (Lipinski definition) is 1. The molecule has 6 heteroatoms. The van der Waals surface area contributed by atoms with Crippen LogP contribution in [0.5, 0.6) is 0 Å². The monoisotopic (exact) mass is 548 g/mol. The van der Waals surface area contributed by atoms with Gasteiger partial charge in [-0.05, 0) is 78.8 Å². The molecule has 1 N–H and O–H groups in total. The molecule has 0 spiro atoms. The molecule has 2 aromatic carbocycles. The van der Waals surface area contributed by atoms with Gasteiger partial charge >= 0.3 is 0 Å². The van der Waals surface area contributed by atoms with E-state index in [-0.39, 0.29) is 0 Å². The number of hydrogen-bond acceptors (Lipinski definition) is 5. The first kappa shape index (κ1) is 27.7. The molecule has 0 unspecified atom stereocenters. The number of pyridine rings is 1. The number of rotatable bonds is 9. The SMILES string of the molecule is C=C(NC)c1ccc(Cn2ccc3c(C4CCN(Cc5cccc(CN6CCN(C)CC6)c5)CC4)ccnc32)cc1. The van der Waals surface area contributed by atoms with Gasteiger partial charge in [-0.1, -0.05) is 55.1 Å². The van der Waals surface area contributed by atoms with Crippen LogP contribution in [0.3, 0.4) is 0 Å². The van der Waals surface area contributed by atoms with E-state index in [4.69, 9.17) is 4.98 Å². The molecule has 2 aliphatic heterocycles. The van der Waals surface area contributed by atoms with Crippen molar-refractivity contribution < 1.29 is 0 Å². The van der Waals surface area contributed by atoms with Crippen molar-refractivity contribution in [3.8, 4) is 0 Å². The van der Waals surface area contributed by atoms with Crippen LogP contribution in [0.1, 0.15) is 46.6 Å². The van der Waals surface area contributed by atoms with Crippen LogP contribution in [0.15, 0.2) is 79.6 Å². The predicted molar refractivity (Wildman–Crippen MR) is 170 cm³/mol. The van der Waals surface area contributed by atoms with E-state index in [0.717, 1.165) is 49.6 Å². The average molecular weight is 549 g/mol. The lowest BCUT2D eigenvalue weighted by atomic mass is 9.88. The van der Waals surface area contributed by atoms with Crippen molar-refractivity contribution >= 4 is 16.7 Å². The molecule has 0 amide bonds. The maximum atomic E-state index is 4.80.